The number of nitrogens with zero attached hydrogens (tertiary/aromatic N) is 2. The lowest BCUT2D eigenvalue weighted by molar-refractivity contribution is 0.0901. The summed E-state index contributed by atoms with van der Waals surface area (Å²) >= 11 is 0. The van der Waals surface area contributed by atoms with Gasteiger partial charge in [0.2, 0.25) is 0 Å². The minimum Gasteiger partial charge on any atom is -0.381 e. The summed E-state index contributed by atoms with van der Waals surface area (Å²) in [6.07, 6.45) is 2.33. The van der Waals surface area contributed by atoms with Crippen molar-refractivity contribution < 1.29 is 4.74 Å². The summed E-state index contributed by atoms with van der Waals surface area (Å²) in [6.45, 7) is 14.7. The first-order valence-corrected chi connectivity index (χ1v) is 6.96. The van der Waals surface area contributed by atoms with Crippen LogP contribution in [0.25, 0.3) is 0 Å². The zero-order chi connectivity index (χ0) is 12.7. The Bertz CT molecular complexity index is 193. The normalized spacial score (nSPS) is 19.8. The predicted octanol–water partition coefficient (Wildman–Crippen LogP) is 2.08. The third kappa shape index (κ3) is 7.74. The molecule has 1 aliphatic rings. The van der Waals surface area contributed by atoms with Crippen LogP contribution < -0.4 is 0 Å². The summed E-state index contributed by atoms with van der Waals surface area (Å²) in [7, 11) is 2.20. The van der Waals surface area contributed by atoms with Gasteiger partial charge in [0.1, 0.15) is 0 Å². The second-order valence-corrected chi connectivity index (χ2v) is 6.42. The van der Waals surface area contributed by atoms with Gasteiger partial charge < -0.3 is 14.5 Å². The quantitative estimate of drug-likeness (QED) is 0.663. The lowest BCUT2D eigenvalue weighted by Crippen LogP contribution is -2.44. The van der Waals surface area contributed by atoms with Gasteiger partial charge in [0, 0.05) is 45.9 Å². The van der Waals surface area contributed by atoms with Crippen LogP contribution in [0, 0.1) is 5.41 Å². The number of rotatable bonds is 6. The van der Waals surface area contributed by atoms with E-state index in [0.717, 1.165) is 19.6 Å². The Kier molecular flexibility index (Phi) is 6.45. The smallest absolute Gasteiger partial charge is 0.0478 e. The molecule has 3 heteroatoms. The van der Waals surface area contributed by atoms with E-state index in [1.54, 1.807) is 0 Å². The molecule has 0 bridgehead atoms. The first-order valence-electron chi connectivity index (χ1n) is 6.96. The van der Waals surface area contributed by atoms with Crippen molar-refractivity contribution in [3.63, 3.8) is 0 Å². The molecule has 1 heterocycles. The second kappa shape index (κ2) is 7.34. The summed E-state index contributed by atoms with van der Waals surface area (Å²) in [5.74, 6) is 0. The van der Waals surface area contributed by atoms with Gasteiger partial charge >= 0.3 is 0 Å². The Balaban J connectivity index is 1.91. The molecule has 1 aliphatic heterocycles. The Hall–Kier alpha value is -0.120. The van der Waals surface area contributed by atoms with Gasteiger partial charge in [-0.15, -0.1) is 0 Å². The van der Waals surface area contributed by atoms with Crippen molar-refractivity contribution in [1.82, 2.24) is 9.80 Å². The van der Waals surface area contributed by atoms with Crippen molar-refractivity contribution in [3.05, 3.63) is 0 Å². The van der Waals surface area contributed by atoms with Crippen LogP contribution in [0.3, 0.4) is 0 Å². The summed E-state index contributed by atoms with van der Waals surface area (Å²) < 4.78 is 5.68. The van der Waals surface area contributed by atoms with Crippen LogP contribution in [0.4, 0.5) is 0 Å². The van der Waals surface area contributed by atoms with E-state index < -0.39 is 0 Å². The van der Waals surface area contributed by atoms with E-state index in [-0.39, 0.29) is 0 Å². The number of piperazine rings is 1. The minimum absolute atomic E-state index is 0.400. The Morgan fingerprint density at radius 3 is 2.24 bits per heavy atom. The summed E-state index contributed by atoms with van der Waals surface area (Å²) in [5, 5.41) is 0. The number of likely N-dealkylation sites (N-methyl/N-ethyl adjacent to an activating group) is 1. The molecule has 0 radical (unpaired) electrons. The van der Waals surface area contributed by atoms with Gasteiger partial charge in [-0.25, -0.2) is 0 Å². The molecule has 102 valence electrons. The highest BCUT2D eigenvalue weighted by Crippen LogP contribution is 2.17. The zero-order valence-electron chi connectivity index (χ0n) is 12.2. The van der Waals surface area contributed by atoms with E-state index in [9.17, 15) is 0 Å². The Labute approximate surface area is 107 Å². The highest BCUT2D eigenvalue weighted by molar-refractivity contribution is 4.68. The van der Waals surface area contributed by atoms with E-state index in [0.29, 0.717) is 5.41 Å². The average molecular weight is 242 g/mol. The van der Waals surface area contributed by atoms with Crippen LogP contribution in [0.15, 0.2) is 0 Å². The van der Waals surface area contributed by atoms with Crippen LogP contribution in [-0.4, -0.2) is 62.8 Å². The highest BCUT2D eigenvalue weighted by atomic mass is 16.5. The maximum atomic E-state index is 5.68. The van der Waals surface area contributed by atoms with Gasteiger partial charge in [0.25, 0.3) is 0 Å². The molecule has 0 unspecified atom stereocenters. The van der Waals surface area contributed by atoms with Gasteiger partial charge in [0.05, 0.1) is 0 Å². The van der Waals surface area contributed by atoms with E-state index in [1.807, 2.05) is 0 Å². The van der Waals surface area contributed by atoms with Crippen molar-refractivity contribution >= 4 is 0 Å². The molecule has 1 rings (SSSR count). The van der Waals surface area contributed by atoms with Gasteiger partial charge in [-0.3, -0.25) is 0 Å². The highest BCUT2D eigenvalue weighted by Gasteiger charge is 2.13. The van der Waals surface area contributed by atoms with Crippen molar-refractivity contribution in [2.75, 3.05) is 53.0 Å². The van der Waals surface area contributed by atoms with Crippen LogP contribution >= 0.6 is 0 Å². The molecule has 0 aliphatic carbocycles. The molecular formula is C14H30N2O. The van der Waals surface area contributed by atoms with E-state index in [1.165, 1.54) is 39.1 Å². The van der Waals surface area contributed by atoms with Crippen molar-refractivity contribution in [2.24, 2.45) is 5.41 Å². The zero-order valence-corrected chi connectivity index (χ0v) is 12.2. The average Bonchev–Trinajstić information content (AvgIpc) is 2.24. The Morgan fingerprint density at radius 2 is 1.65 bits per heavy atom. The van der Waals surface area contributed by atoms with E-state index in [4.69, 9.17) is 4.74 Å². The molecule has 0 amide bonds. The van der Waals surface area contributed by atoms with Crippen LogP contribution in [0.1, 0.15) is 33.6 Å². The van der Waals surface area contributed by atoms with Gasteiger partial charge in [-0.1, -0.05) is 20.8 Å². The molecule has 0 spiro atoms. The number of ether oxygens (including phenoxy) is 1. The third-order valence-corrected chi connectivity index (χ3v) is 3.36. The maximum absolute atomic E-state index is 5.68. The number of hydrogen-bond acceptors (Lipinski definition) is 3. The summed E-state index contributed by atoms with van der Waals surface area (Å²) in [6, 6.07) is 0. The van der Waals surface area contributed by atoms with Crippen molar-refractivity contribution in [3.8, 4) is 0 Å². The fourth-order valence-electron chi connectivity index (χ4n) is 1.94. The largest absolute Gasteiger partial charge is 0.381 e. The fourth-order valence-corrected chi connectivity index (χ4v) is 1.94. The van der Waals surface area contributed by atoms with Crippen LogP contribution in [-0.2, 0) is 4.74 Å². The monoisotopic (exact) mass is 242 g/mol. The summed E-state index contributed by atoms with van der Waals surface area (Å²) in [4.78, 5) is 4.95. The molecule has 0 N–H and O–H groups in total. The molecule has 0 aromatic heterocycles. The van der Waals surface area contributed by atoms with Crippen molar-refractivity contribution in [2.45, 2.75) is 33.6 Å². The molecule has 0 aromatic carbocycles. The first kappa shape index (κ1) is 14.9. The molecule has 1 saturated heterocycles. The summed E-state index contributed by atoms with van der Waals surface area (Å²) in [5.41, 5.74) is 0.400. The molecular weight excluding hydrogens is 212 g/mol. The SMILES string of the molecule is CN1CCN(CCCOCCC(C)(C)C)CC1. The second-order valence-electron chi connectivity index (χ2n) is 6.42. The third-order valence-electron chi connectivity index (χ3n) is 3.36. The topological polar surface area (TPSA) is 15.7 Å². The molecule has 17 heavy (non-hydrogen) atoms. The molecule has 0 saturated carbocycles. The maximum Gasteiger partial charge on any atom is 0.0478 e. The standard InChI is InChI=1S/C14H30N2O/c1-14(2,3)6-13-17-12-5-7-16-10-8-15(4)9-11-16/h5-13H2,1-4H3. The van der Waals surface area contributed by atoms with Gasteiger partial charge in [-0.2, -0.15) is 0 Å². The van der Waals surface area contributed by atoms with Crippen LogP contribution in [0.5, 0.6) is 0 Å². The first-order chi connectivity index (χ1) is 7.97. The Morgan fingerprint density at radius 1 is 1.00 bits per heavy atom. The van der Waals surface area contributed by atoms with Crippen LogP contribution in [0.2, 0.25) is 0 Å². The van der Waals surface area contributed by atoms with Crippen molar-refractivity contribution in [1.29, 1.82) is 0 Å². The molecule has 0 atom stereocenters. The number of hydrogen-bond donors (Lipinski definition) is 0. The van der Waals surface area contributed by atoms with E-state index in [2.05, 4.69) is 37.6 Å². The minimum atomic E-state index is 0.400. The molecule has 0 aromatic rings. The van der Waals surface area contributed by atoms with Gasteiger partial charge in [-0.05, 0) is 25.3 Å². The molecule has 3 nitrogen and oxygen atoms in total. The van der Waals surface area contributed by atoms with E-state index >= 15 is 0 Å². The molecule has 1 fully saturated rings. The predicted molar refractivity (Wildman–Crippen MR) is 73.4 cm³/mol. The fraction of sp³-hybridized carbons (Fsp3) is 1.00. The lowest BCUT2D eigenvalue weighted by atomic mass is 9.93. The van der Waals surface area contributed by atoms with Gasteiger partial charge in [0.15, 0.2) is 0 Å². The lowest BCUT2D eigenvalue weighted by Gasteiger charge is -2.32.